The molecule has 0 radical (unpaired) electrons. The van der Waals surface area contributed by atoms with Crippen molar-refractivity contribution in [1.82, 2.24) is 0 Å². The van der Waals surface area contributed by atoms with E-state index in [2.05, 4.69) is 15.9 Å². The van der Waals surface area contributed by atoms with E-state index >= 15 is 0 Å². The van der Waals surface area contributed by atoms with Crippen LogP contribution in [0.3, 0.4) is 0 Å². The molecule has 0 saturated heterocycles. The fraction of sp³-hybridized carbons (Fsp3) is 0.133. The highest BCUT2D eigenvalue weighted by molar-refractivity contribution is 9.10. The number of rotatable bonds is 4. The molecule has 0 spiro atoms. The fourth-order valence-electron chi connectivity index (χ4n) is 1.77. The predicted octanol–water partition coefficient (Wildman–Crippen LogP) is 4.01. The van der Waals surface area contributed by atoms with Crippen LogP contribution in [-0.4, -0.2) is 17.7 Å². The zero-order valence-corrected chi connectivity index (χ0v) is 12.0. The summed E-state index contributed by atoms with van der Waals surface area (Å²) in [7, 11) is 0. The first kappa shape index (κ1) is 13.6. The van der Waals surface area contributed by atoms with Gasteiger partial charge in [-0.3, -0.25) is 0 Å². The number of hydrogen-bond acceptors (Lipinski definition) is 2. The van der Waals surface area contributed by atoms with Gasteiger partial charge in [-0.05, 0) is 45.3 Å². The number of carbonyl (C=O) groups is 1. The minimum atomic E-state index is -0.960. The van der Waals surface area contributed by atoms with Crippen LogP contribution in [0, 0.1) is 0 Å². The molecule has 1 N–H and O–H groups in total. The molecule has 0 aromatic heterocycles. The zero-order valence-electron chi connectivity index (χ0n) is 10.4. The SMILES string of the molecule is CC(=CC(=O)O)COc1ccc2ccccc2c1Br. The Balaban J connectivity index is 2.22. The third-order valence-electron chi connectivity index (χ3n) is 2.65. The number of hydrogen-bond donors (Lipinski definition) is 1. The quantitative estimate of drug-likeness (QED) is 0.866. The Labute approximate surface area is 119 Å². The maximum absolute atomic E-state index is 10.5. The zero-order chi connectivity index (χ0) is 13.8. The number of ether oxygens (including phenoxy) is 1. The molecule has 0 fully saturated rings. The van der Waals surface area contributed by atoms with Gasteiger partial charge in [-0.1, -0.05) is 30.3 Å². The second kappa shape index (κ2) is 5.89. The van der Waals surface area contributed by atoms with E-state index in [1.807, 2.05) is 36.4 Å². The first-order chi connectivity index (χ1) is 9.08. The summed E-state index contributed by atoms with van der Waals surface area (Å²) < 4.78 is 6.51. The van der Waals surface area contributed by atoms with Gasteiger partial charge in [0.05, 0.1) is 4.47 Å². The maximum Gasteiger partial charge on any atom is 0.328 e. The summed E-state index contributed by atoms with van der Waals surface area (Å²) in [6, 6.07) is 11.8. The van der Waals surface area contributed by atoms with Gasteiger partial charge >= 0.3 is 5.97 Å². The standard InChI is InChI=1S/C15H13BrO3/c1-10(8-14(17)18)9-19-13-7-6-11-4-2-3-5-12(11)15(13)16/h2-8H,9H2,1H3,(H,17,18). The highest BCUT2D eigenvalue weighted by Crippen LogP contribution is 2.33. The van der Waals surface area contributed by atoms with E-state index in [9.17, 15) is 4.79 Å². The molecule has 2 aromatic carbocycles. The van der Waals surface area contributed by atoms with Crippen molar-refractivity contribution in [2.24, 2.45) is 0 Å². The van der Waals surface area contributed by atoms with Crippen molar-refractivity contribution in [1.29, 1.82) is 0 Å². The Morgan fingerprint density at radius 1 is 1.32 bits per heavy atom. The maximum atomic E-state index is 10.5. The topological polar surface area (TPSA) is 46.5 Å². The summed E-state index contributed by atoms with van der Waals surface area (Å²) in [6.07, 6.45) is 1.15. The van der Waals surface area contributed by atoms with Crippen molar-refractivity contribution in [2.75, 3.05) is 6.61 Å². The third-order valence-corrected chi connectivity index (χ3v) is 3.47. The van der Waals surface area contributed by atoms with Crippen LogP contribution in [-0.2, 0) is 4.79 Å². The monoisotopic (exact) mass is 320 g/mol. The van der Waals surface area contributed by atoms with Crippen LogP contribution in [0.4, 0.5) is 0 Å². The lowest BCUT2D eigenvalue weighted by Crippen LogP contribution is -2.02. The van der Waals surface area contributed by atoms with Gasteiger partial charge in [0, 0.05) is 6.08 Å². The number of benzene rings is 2. The molecule has 19 heavy (non-hydrogen) atoms. The van der Waals surface area contributed by atoms with Gasteiger partial charge < -0.3 is 9.84 Å². The van der Waals surface area contributed by atoms with Crippen LogP contribution in [0.15, 0.2) is 52.5 Å². The highest BCUT2D eigenvalue weighted by atomic mass is 79.9. The first-order valence-corrected chi connectivity index (χ1v) is 6.57. The van der Waals surface area contributed by atoms with Gasteiger partial charge in [0.1, 0.15) is 12.4 Å². The second-order valence-electron chi connectivity index (χ2n) is 4.22. The molecular weight excluding hydrogens is 308 g/mol. The third kappa shape index (κ3) is 3.35. The molecule has 4 heteroatoms. The number of carboxylic acids is 1. The Kier molecular flexibility index (Phi) is 4.22. The van der Waals surface area contributed by atoms with E-state index in [1.165, 1.54) is 0 Å². The number of carboxylic acid groups (broad SMARTS) is 1. The van der Waals surface area contributed by atoms with Crippen LogP contribution in [0.2, 0.25) is 0 Å². The summed E-state index contributed by atoms with van der Waals surface area (Å²) in [5.41, 5.74) is 0.660. The Hall–Kier alpha value is -1.81. The molecule has 0 heterocycles. The highest BCUT2D eigenvalue weighted by Gasteiger charge is 2.06. The number of aliphatic carboxylic acids is 1. The van der Waals surface area contributed by atoms with E-state index in [1.54, 1.807) is 6.92 Å². The Morgan fingerprint density at radius 3 is 2.79 bits per heavy atom. The minimum absolute atomic E-state index is 0.253. The minimum Gasteiger partial charge on any atom is -0.488 e. The Morgan fingerprint density at radius 2 is 2.05 bits per heavy atom. The number of fused-ring (bicyclic) bond motifs is 1. The van der Waals surface area contributed by atoms with Gasteiger partial charge in [0.25, 0.3) is 0 Å². The molecular formula is C15H13BrO3. The fourth-order valence-corrected chi connectivity index (χ4v) is 2.38. The van der Waals surface area contributed by atoms with Crippen molar-refractivity contribution < 1.29 is 14.6 Å². The van der Waals surface area contributed by atoms with Gasteiger partial charge in [0.2, 0.25) is 0 Å². The smallest absolute Gasteiger partial charge is 0.328 e. The molecule has 0 saturated carbocycles. The molecule has 0 unspecified atom stereocenters. The molecule has 0 aliphatic heterocycles. The van der Waals surface area contributed by atoms with Crippen LogP contribution < -0.4 is 4.74 Å². The van der Waals surface area contributed by atoms with Crippen molar-refractivity contribution in [3.05, 3.63) is 52.5 Å². The van der Waals surface area contributed by atoms with Crippen molar-refractivity contribution in [3.63, 3.8) is 0 Å². The Bertz CT molecular complexity index is 647. The molecule has 0 atom stereocenters. The average molecular weight is 321 g/mol. The summed E-state index contributed by atoms with van der Waals surface area (Å²) >= 11 is 3.52. The van der Waals surface area contributed by atoms with Crippen molar-refractivity contribution >= 4 is 32.7 Å². The van der Waals surface area contributed by atoms with E-state index in [4.69, 9.17) is 9.84 Å². The molecule has 2 rings (SSSR count). The molecule has 0 aliphatic carbocycles. The van der Waals surface area contributed by atoms with Gasteiger partial charge in [-0.25, -0.2) is 4.79 Å². The summed E-state index contributed by atoms with van der Waals surface area (Å²) in [5.74, 6) is -0.254. The normalized spacial score (nSPS) is 11.6. The molecule has 3 nitrogen and oxygen atoms in total. The van der Waals surface area contributed by atoms with E-state index in [0.29, 0.717) is 11.3 Å². The van der Waals surface area contributed by atoms with Gasteiger partial charge in [-0.2, -0.15) is 0 Å². The largest absolute Gasteiger partial charge is 0.488 e. The van der Waals surface area contributed by atoms with Gasteiger partial charge in [-0.15, -0.1) is 0 Å². The number of halogens is 1. The lowest BCUT2D eigenvalue weighted by molar-refractivity contribution is -0.131. The van der Waals surface area contributed by atoms with Crippen LogP contribution >= 0.6 is 15.9 Å². The average Bonchev–Trinajstić information content (AvgIpc) is 2.37. The van der Waals surface area contributed by atoms with Crippen molar-refractivity contribution in [3.8, 4) is 5.75 Å². The summed E-state index contributed by atoms with van der Waals surface area (Å²) in [6.45, 7) is 1.98. The lowest BCUT2D eigenvalue weighted by Gasteiger charge is -2.10. The van der Waals surface area contributed by atoms with Crippen LogP contribution in [0.25, 0.3) is 10.8 Å². The summed E-state index contributed by atoms with van der Waals surface area (Å²) in [5, 5.41) is 10.8. The molecule has 0 aliphatic rings. The molecule has 0 bridgehead atoms. The van der Waals surface area contributed by atoms with Crippen LogP contribution in [0.1, 0.15) is 6.92 Å². The predicted molar refractivity (Wildman–Crippen MR) is 78.5 cm³/mol. The lowest BCUT2D eigenvalue weighted by atomic mass is 10.1. The molecule has 98 valence electrons. The van der Waals surface area contributed by atoms with Gasteiger partial charge in [0.15, 0.2) is 0 Å². The van der Waals surface area contributed by atoms with Crippen LogP contribution in [0.5, 0.6) is 5.75 Å². The van der Waals surface area contributed by atoms with E-state index in [-0.39, 0.29) is 6.61 Å². The second-order valence-corrected chi connectivity index (χ2v) is 5.01. The van der Waals surface area contributed by atoms with E-state index < -0.39 is 5.97 Å². The first-order valence-electron chi connectivity index (χ1n) is 5.78. The van der Waals surface area contributed by atoms with Crippen molar-refractivity contribution in [2.45, 2.75) is 6.92 Å². The molecule has 2 aromatic rings. The van der Waals surface area contributed by atoms with E-state index in [0.717, 1.165) is 21.3 Å². The summed E-state index contributed by atoms with van der Waals surface area (Å²) in [4.78, 5) is 10.5. The molecule has 0 amide bonds.